The molecule has 2 rings (SSSR count). The first kappa shape index (κ1) is 14.4. The maximum atomic E-state index is 10.9. The van der Waals surface area contributed by atoms with Crippen molar-refractivity contribution in [1.82, 2.24) is 5.32 Å². The van der Waals surface area contributed by atoms with Crippen molar-refractivity contribution in [1.29, 1.82) is 0 Å². The Labute approximate surface area is 127 Å². The Morgan fingerprint density at radius 3 is 2.74 bits per heavy atom. The summed E-state index contributed by atoms with van der Waals surface area (Å²) in [6, 6.07) is 6.07. The highest BCUT2D eigenvalue weighted by atomic mass is 127. The molecule has 0 bridgehead atoms. The second kappa shape index (κ2) is 6.45. The highest BCUT2D eigenvalue weighted by Crippen LogP contribution is 2.28. The molecule has 1 heterocycles. The Morgan fingerprint density at radius 1 is 1.47 bits per heavy atom. The number of benzene rings is 1. The molecule has 1 aromatic carbocycles. The van der Waals surface area contributed by atoms with Crippen LogP contribution in [-0.4, -0.2) is 25.5 Å². The van der Waals surface area contributed by atoms with Gasteiger partial charge in [0.05, 0.1) is 5.69 Å². The summed E-state index contributed by atoms with van der Waals surface area (Å²) in [4.78, 5) is 13.3. The number of nitrogens with one attached hydrogen (secondary N) is 1. The second-order valence-corrected chi connectivity index (χ2v) is 6.24. The number of carbonyl (C=O) groups excluding carboxylic acids is 1. The molecule has 104 valence electrons. The number of nitrogens with zero attached hydrogens (tertiary/aromatic N) is 1. The van der Waals surface area contributed by atoms with E-state index in [2.05, 4.69) is 38.9 Å². The van der Waals surface area contributed by atoms with Crippen molar-refractivity contribution >= 4 is 39.9 Å². The summed E-state index contributed by atoms with van der Waals surface area (Å²) in [5.74, 6) is 0.669. The van der Waals surface area contributed by atoms with Crippen LogP contribution in [0.1, 0.15) is 19.8 Å². The minimum atomic E-state index is 0.0653. The number of halogens is 1. The lowest BCUT2D eigenvalue weighted by Crippen LogP contribution is -2.38. The highest BCUT2D eigenvalue weighted by molar-refractivity contribution is 14.1. The van der Waals surface area contributed by atoms with E-state index in [1.807, 2.05) is 12.1 Å². The largest absolute Gasteiger partial charge is 0.399 e. The van der Waals surface area contributed by atoms with Crippen LogP contribution in [0.4, 0.5) is 11.4 Å². The van der Waals surface area contributed by atoms with Crippen molar-refractivity contribution in [2.45, 2.75) is 19.8 Å². The number of nitrogens with two attached hydrogens (primary N) is 1. The molecule has 5 heteroatoms. The van der Waals surface area contributed by atoms with Crippen molar-refractivity contribution in [2.75, 3.05) is 30.3 Å². The minimum Gasteiger partial charge on any atom is -0.399 e. The van der Waals surface area contributed by atoms with Gasteiger partial charge in [-0.1, -0.05) is 0 Å². The first-order valence-electron chi connectivity index (χ1n) is 6.60. The molecule has 0 atom stereocenters. The van der Waals surface area contributed by atoms with E-state index in [0.717, 1.165) is 38.2 Å². The molecule has 0 saturated carbocycles. The smallest absolute Gasteiger partial charge is 0.216 e. The van der Waals surface area contributed by atoms with Gasteiger partial charge in [0.15, 0.2) is 0 Å². The summed E-state index contributed by atoms with van der Waals surface area (Å²) >= 11 is 2.34. The molecule has 0 aliphatic carbocycles. The fourth-order valence-corrected chi connectivity index (χ4v) is 3.33. The lowest BCUT2D eigenvalue weighted by molar-refractivity contribution is -0.119. The molecular formula is C14H20IN3O. The van der Waals surface area contributed by atoms with Crippen LogP contribution < -0.4 is 16.0 Å². The zero-order valence-electron chi connectivity index (χ0n) is 11.2. The third-order valence-electron chi connectivity index (χ3n) is 3.57. The normalized spacial score (nSPS) is 16.4. The lowest BCUT2D eigenvalue weighted by atomic mass is 9.96. The van der Waals surface area contributed by atoms with E-state index in [4.69, 9.17) is 5.73 Å². The summed E-state index contributed by atoms with van der Waals surface area (Å²) < 4.78 is 1.21. The fourth-order valence-electron chi connectivity index (χ4n) is 2.45. The molecule has 1 fully saturated rings. The van der Waals surface area contributed by atoms with Gasteiger partial charge in [-0.2, -0.15) is 0 Å². The van der Waals surface area contributed by atoms with E-state index in [1.54, 1.807) is 6.92 Å². The van der Waals surface area contributed by atoms with Gasteiger partial charge in [0.25, 0.3) is 0 Å². The summed E-state index contributed by atoms with van der Waals surface area (Å²) in [6.07, 6.45) is 2.25. The van der Waals surface area contributed by atoms with Gasteiger partial charge in [-0.15, -0.1) is 0 Å². The second-order valence-electron chi connectivity index (χ2n) is 5.08. The van der Waals surface area contributed by atoms with Crippen molar-refractivity contribution in [3.8, 4) is 0 Å². The molecule has 0 spiro atoms. The van der Waals surface area contributed by atoms with Crippen LogP contribution in [0, 0.1) is 9.49 Å². The first-order chi connectivity index (χ1) is 9.06. The number of carbonyl (C=O) groups is 1. The number of nitrogen functional groups attached to an aromatic ring is 1. The summed E-state index contributed by atoms with van der Waals surface area (Å²) in [7, 11) is 0. The van der Waals surface area contributed by atoms with Gasteiger partial charge in [-0.25, -0.2) is 0 Å². The van der Waals surface area contributed by atoms with E-state index in [0.29, 0.717) is 5.92 Å². The molecule has 0 radical (unpaired) electrons. The van der Waals surface area contributed by atoms with Gasteiger partial charge >= 0.3 is 0 Å². The molecule has 3 N–H and O–H groups in total. The molecular weight excluding hydrogens is 353 g/mol. The number of anilines is 2. The van der Waals surface area contributed by atoms with E-state index in [1.165, 1.54) is 9.26 Å². The SMILES string of the molecule is CC(=O)NCC1CCN(c2ccc(N)cc2I)CC1. The number of rotatable bonds is 3. The minimum absolute atomic E-state index is 0.0653. The van der Waals surface area contributed by atoms with Crippen LogP contribution in [0.3, 0.4) is 0 Å². The molecule has 4 nitrogen and oxygen atoms in total. The zero-order valence-corrected chi connectivity index (χ0v) is 13.3. The predicted octanol–water partition coefficient (Wildman–Crippen LogP) is 2.23. The van der Waals surface area contributed by atoms with Crippen LogP contribution in [0.2, 0.25) is 0 Å². The quantitative estimate of drug-likeness (QED) is 0.631. The average Bonchev–Trinajstić information content (AvgIpc) is 2.37. The number of hydrogen-bond acceptors (Lipinski definition) is 3. The van der Waals surface area contributed by atoms with Crippen molar-refractivity contribution in [2.24, 2.45) is 5.92 Å². The molecule has 1 aliphatic rings. The summed E-state index contributed by atoms with van der Waals surface area (Å²) in [5, 5.41) is 2.91. The van der Waals surface area contributed by atoms with Gasteiger partial charge in [-0.05, 0) is 59.5 Å². The highest BCUT2D eigenvalue weighted by Gasteiger charge is 2.20. The van der Waals surface area contributed by atoms with Gasteiger partial charge < -0.3 is 16.0 Å². The molecule has 1 amide bonds. The lowest BCUT2D eigenvalue weighted by Gasteiger charge is -2.34. The van der Waals surface area contributed by atoms with Gasteiger partial charge in [0, 0.05) is 35.8 Å². The van der Waals surface area contributed by atoms with E-state index >= 15 is 0 Å². The monoisotopic (exact) mass is 373 g/mol. The third-order valence-corrected chi connectivity index (χ3v) is 4.43. The number of hydrogen-bond donors (Lipinski definition) is 2. The topological polar surface area (TPSA) is 58.4 Å². The molecule has 1 saturated heterocycles. The third kappa shape index (κ3) is 3.99. The van der Waals surface area contributed by atoms with Gasteiger partial charge in [0.1, 0.15) is 0 Å². The van der Waals surface area contributed by atoms with Gasteiger partial charge in [-0.3, -0.25) is 4.79 Å². The Kier molecular flexibility index (Phi) is 4.90. The molecule has 1 aromatic rings. The average molecular weight is 373 g/mol. The van der Waals surface area contributed by atoms with Crippen molar-refractivity contribution < 1.29 is 4.79 Å². The maximum Gasteiger partial charge on any atom is 0.216 e. The molecule has 19 heavy (non-hydrogen) atoms. The van der Waals surface area contributed by atoms with Crippen LogP contribution in [-0.2, 0) is 4.79 Å². The summed E-state index contributed by atoms with van der Waals surface area (Å²) in [5.41, 5.74) is 7.87. The Balaban J connectivity index is 1.90. The fraction of sp³-hybridized carbons (Fsp3) is 0.500. The summed E-state index contributed by atoms with van der Waals surface area (Å²) in [6.45, 7) is 4.47. The van der Waals surface area contributed by atoms with E-state index < -0.39 is 0 Å². The van der Waals surface area contributed by atoms with Crippen molar-refractivity contribution in [3.63, 3.8) is 0 Å². The van der Waals surface area contributed by atoms with Crippen molar-refractivity contribution in [3.05, 3.63) is 21.8 Å². The molecule has 0 unspecified atom stereocenters. The van der Waals surface area contributed by atoms with Crippen LogP contribution >= 0.6 is 22.6 Å². The predicted molar refractivity (Wildman–Crippen MR) is 87.2 cm³/mol. The number of piperidine rings is 1. The van der Waals surface area contributed by atoms with Crippen LogP contribution in [0.5, 0.6) is 0 Å². The Hall–Kier alpha value is -0.980. The van der Waals surface area contributed by atoms with E-state index in [-0.39, 0.29) is 5.91 Å². The number of amides is 1. The van der Waals surface area contributed by atoms with Crippen LogP contribution in [0.25, 0.3) is 0 Å². The first-order valence-corrected chi connectivity index (χ1v) is 7.68. The maximum absolute atomic E-state index is 10.9. The van der Waals surface area contributed by atoms with Gasteiger partial charge in [0.2, 0.25) is 5.91 Å². The Bertz CT molecular complexity index is 456. The standard InChI is InChI=1S/C14H20IN3O/c1-10(19)17-9-11-4-6-18(7-5-11)14-3-2-12(16)8-13(14)15/h2-3,8,11H,4-7,9,16H2,1H3,(H,17,19). The van der Waals surface area contributed by atoms with E-state index in [9.17, 15) is 4.79 Å². The zero-order chi connectivity index (χ0) is 13.8. The molecule has 1 aliphatic heterocycles. The Morgan fingerprint density at radius 2 is 2.16 bits per heavy atom. The van der Waals surface area contributed by atoms with Crippen LogP contribution in [0.15, 0.2) is 18.2 Å². The molecule has 0 aromatic heterocycles.